The third-order valence-corrected chi connectivity index (χ3v) is 7.62. The number of carbonyl (C=O) groups is 1. The Hall–Kier alpha value is -2.44. The fourth-order valence-corrected chi connectivity index (χ4v) is 5.54. The van der Waals surface area contributed by atoms with Crippen LogP contribution in [0.1, 0.15) is 63.3 Å². The Morgan fingerprint density at radius 3 is 2.51 bits per heavy atom. The maximum atomic E-state index is 13.0. The van der Waals surface area contributed by atoms with Crippen LogP contribution in [0.4, 0.5) is 4.79 Å². The lowest BCUT2D eigenvalue weighted by Crippen LogP contribution is -2.36. The lowest BCUT2D eigenvalue weighted by molar-refractivity contribution is 0.0544. The first-order valence-corrected chi connectivity index (χ1v) is 13.6. The first kappa shape index (κ1) is 25.6. The van der Waals surface area contributed by atoms with Crippen molar-refractivity contribution < 1.29 is 14.3 Å². The molecule has 1 saturated heterocycles. The van der Waals surface area contributed by atoms with E-state index in [1.807, 2.05) is 46.0 Å². The SMILES string of the molecule is COc1cc(C)c2c(ccn2C(=O)OC(C)(C)C)c1CN1CC[C@@H](C)C[C@H]1c1ccc(SC)cc1. The summed E-state index contributed by atoms with van der Waals surface area (Å²) >= 11 is 1.77. The highest BCUT2D eigenvalue weighted by Crippen LogP contribution is 2.39. The number of carbonyl (C=O) groups excluding carboxylic acids is 1. The molecule has 2 atom stereocenters. The second-order valence-electron chi connectivity index (χ2n) is 10.7. The monoisotopic (exact) mass is 494 g/mol. The Kier molecular flexibility index (Phi) is 7.53. The molecule has 1 aliphatic heterocycles. The molecule has 1 fully saturated rings. The number of methoxy groups -OCH3 is 1. The van der Waals surface area contributed by atoms with Gasteiger partial charge in [-0.2, -0.15) is 0 Å². The van der Waals surface area contributed by atoms with Gasteiger partial charge < -0.3 is 9.47 Å². The molecule has 0 amide bonds. The predicted molar refractivity (Wildman–Crippen MR) is 145 cm³/mol. The number of aryl methyl sites for hydroxylation is 1. The fraction of sp³-hybridized carbons (Fsp3) is 0.483. The summed E-state index contributed by atoms with van der Waals surface area (Å²) in [7, 11) is 1.73. The summed E-state index contributed by atoms with van der Waals surface area (Å²) in [5, 5.41) is 1.04. The molecule has 2 heterocycles. The van der Waals surface area contributed by atoms with Crippen molar-refractivity contribution in [3.63, 3.8) is 0 Å². The number of fused-ring (bicyclic) bond motifs is 1. The largest absolute Gasteiger partial charge is 0.496 e. The van der Waals surface area contributed by atoms with E-state index in [2.05, 4.69) is 42.3 Å². The van der Waals surface area contributed by atoms with Crippen molar-refractivity contribution in [2.45, 2.75) is 70.5 Å². The molecular formula is C29H38N2O3S. The van der Waals surface area contributed by atoms with E-state index in [0.29, 0.717) is 12.0 Å². The predicted octanol–water partition coefficient (Wildman–Crippen LogP) is 7.44. The molecule has 6 heteroatoms. The standard InChI is InChI=1S/C29H38N2O3S/c1-19-12-14-30(25(16-19)21-8-10-22(35-7)11-9-21)18-24-23-13-15-31(28(32)34-29(3,4)5)27(23)20(2)17-26(24)33-6/h8-11,13,15,17,19,25H,12,14,16,18H2,1-7H3/t19-,25+/m1/s1. The second kappa shape index (κ2) is 10.3. The van der Waals surface area contributed by atoms with E-state index in [0.717, 1.165) is 47.3 Å². The van der Waals surface area contributed by atoms with Crippen LogP contribution in [0, 0.1) is 12.8 Å². The van der Waals surface area contributed by atoms with Crippen LogP contribution in [-0.4, -0.2) is 41.1 Å². The number of piperidine rings is 1. The molecule has 0 unspecified atom stereocenters. The Morgan fingerprint density at radius 1 is 1.17 bits per heavy atom. The number of aromatic nitrogens is 1. The third-order valence-electron chi connectivity index (χ3n) is 6.88. The van der Waals surface area contributed by atoms with Crippen molar-refractivity contribution in [2.75, 3.05) is 19.9 Å². The molecule has 5 nitrogen and oxygen atoms in total. The highest BCUT2D eigenvalue weighted by atomic mass is 32.2. The van der Waals surface area contributed by atoms with E-state index in [1.54, 1.807) is 23.4 Å². The Bertz CT molecular complexity index is 1190. The van der Waals surface area contributed by atoms with Crippen LogP contribution < -0.4 is 4.74 Å². The van der Waals surface area contributed by atoms with E-state index in [-0.39, 0.29) is 6.09 Å². The maximum absolute atomic E-state index is 13.0. The minimum absolute atomic E-state index is 0.351. The molecule has 4 rings (SSSR count). The average molecular weight is 495 g/mol. The van der Waals surface area contributed by atoms with Crippen LogP contribution in [0.3, 0.4) is 0 Å². The number of hydrogen-bond acceptors (Lipinski definition) is 5. The Balaban J connectivity index is 1.73. The smallest absolute Gasteiger partial charge is 0.419 e. The molecule has 1 aliphatic rings. The van der Waals surface area contributed by atoms with Gasteiger partial charge >= 0.3 is 6.09 Å². The second-order valence-corrected chi connectivity index (χ2v) is 11.6. The van der Waals surface area contributed by atoms with E-state index in [4.69, 9.17) is 9.47 Å². The lowest BCUT2D eigenvalue weighted by atomic mass is 9.87. The first-order chi connectivity index (χ1) is 16.6. The van der Waals surface area contributed by atoms with Crippen molar-refractivity contribution in [3.05, 3.63) is 59.3 Å². The molecule has 188 valence electrons. The van der Waals surface area contributed by atoms with Gasteiger partial charge in [0.15, 0.2) is 0 Å². The Labute approximate surface area is 213 Å². The third kappa shape index (κ3) is 5.54. The average Bonchev–Trinajstić information content (AvgIpc) is 3.27. The van der Waals surface area contributed by atoms with Gasteiger partial charge in [-0.3, -0.25) is 9.47 Å². The number of hydrogen-bond donors (Lipinski definition) is 0. The van der Waals surface area contributed by atoms with Gasteiger partial charge in [0.05, 0.1) is 12.6 Å². The van der Waals surface area contributed by atoms with Gasteiger partial charge in [0.25, 0.3) is 0 Å². The number of benzene rings is 2. The van der Waals surface area contributed by atoms with E-state index in [9.17, 15) is 4.79 Å². The van der Waals surface area contributed by atoms with Crippen molar-refractivity contribution in [1.82, 2.24) is 9.47 Å². The zero-order chi connectivity index (χ0) is 25.3. The summed E-state index contributed by atoms with van der Waals surface area (Å²) in [5.41, 5.74) is 3.81. The molecule has 0 radical (unpaired) electrons. The van der Waals surface area contributed by atoms with Gasteiger partial charge in [0.2, 0.25) is 0 Å². The lowest BCUT2D eigenvalue weighted by Gasteiger charge is -2.39. The topological polar surface area (TPSA) is 43.7 Å². The molecule has 0 aliphatic carbocycles. The van der Waals surface area contributed by atoms with Crippen LogP contribution >= 0.6 is 11.8 Å². The number of rotatable bonds is 5. The summed E-state index contributed by atoms with van der Waals surface area (Å²) in [5.74, 6) is 1.55. The van der Waals surface area contributed by atoms with Crippen molar-refractivity contribution >= 4 is 28.8 Å². The van der Waals surface area contributed by atoms with Gasteiger partial charge in [0.1, 0.15) is 11.4 Å². The van der Waals surface area contributed by atoms with E-state index < -0.39 is 5.60 Å². The minimum atomic E-state index is -0.555. The number of likely N-dealkylation sites (tertiary alicyclic amines) is 1. The van der Waals surface area contributed by atoms with Crippen LogP contribution in [0.2, 0.25) is 0 Å². The summed E-state index contributed by atoms with van der Waals surface area (Å²) in [6, 6.07) is 13.4. The first-order valence-electron chi connectivity index (χ1n) is 12.4. The summed E-state index contributed by atoms with van der Waals surface area (Å²) in [6.07, 6.45) is 5.89. The molecule has 0 bridgehead atoms. The normalized spacial score (nSPS) is 19.2. The molecule has 0 spiro atoms. The van der Waals surface area contributed by atoms with Crippen molar-refractivity contribution in [2.24, 2.45) is 5.92 Å². The van der Waals surface area contributed by atoms with Gasteiger partial charge in [0, 0.05) is 34.6 Å². The van der Waals surface area contributed by atoms with Crippen molar-refractivity contribution in [1.29, 1.82) is 0 Å². The molecular weight excluding hydrogens is 456 g/mol. The number of ether oxygens (including phenoxy) is 2. The molecule has 3 aromatic rings. The minimum Gasteiger partial charge on any atom is -0.496 e. The quantitative estimate of drug-likeness (QED) is 0.345. The molecule has 0 N–H and O–H groups in total. The molecule has 35 heavy (non-hydrogen) atoms. The van der Waals surface area contributed by atoms with Crippen LogP contribution in [0.15, 0.2) is 47.5 Å². The molecule has 2 aromatic carbocycles. The van der Waals surface area contributed by atoms with Crippen molar-refractivity contribution in [3.8, 4) is 5.75 Å². The van der Waals surface area contributed by atoms with Crippen LogP contribution in [0.25, 0.3) is 10.9 Å². The molecule has 1 aromatic heterocycles. The summed E-state index contributed by atoms with van der Waals surface area (Å²) in [6.45, 7) is 11.8. The van der Waals surface area contributed by atoms with Gasteiger partial charge in [-0.15, -0.1) is 11.8 Å². The fourth-order valence-electron chi connectivity index (χ4n) is 5.13. The van der Waals surface area contributed by atoms with E-state index >= 15 is 0 Å². The highest BCUT2D eigenvalue weighted by Gasteiger charge is 2.30. The van der Waals surface area contributed by atoms with Crippen LogP contribution in [-0.2, 0) is 11.3 Å². The zero-order valence-electron chi connectivity index (χ0n) is 22.1. The number of nitrogens with zero attached hydrogens (tertiary/aromatic N) is 2. The van der Waals surface area contributed by atoms with Gasteiger partial charge in [-0.05, 0) is 94.6 Å². The van der Waals surface area contributed by atoms with E-state index in [1.165, 1.54) is 16.9 Å². The zero-order valence-corrected chi connectivity index (χ0v) is 22.9. The summed E-state index contributed by atoms with van der Waals surface area (Å²) in [4.78, 5) is 16.8. The Morgan fingerprint density at radius 2 is 1.89 bits per heavy atom. The summed E-state index contributed by atoms with van der Waals surface area (Å²) < 4.78 is 13.2. The van der Waals surface area contributed by atoms with Gasteiger partial charge in [-0.25, -0.2) is 4.79 Å². The van der Waals surface area contributed by atoms with Crippen LogP contribution in [0.5, 0.6) is 5.75 Å². The number of thioether (sulfide) groups is 1. The highest BCUT2D eigenvalue weighted by molar-refractivity contribution is 7.98. The maximum Gasteiger partial charge on any atom is 0.419 e. The van der Waals surface area contributed by atoms with Gasteiger partial charge in [-0.1, -0.05) is 19.1 Å². The molecule has 0 saturated carbocycles.